The summed E-state index contributed by atoms with van der Waals surface area (Å²) in [4.78, 5) is 35.0. The topological polar surface area (TPSA) is 87.6 Å². The Morgan fingerprint density at radius 1 is 0.667 bits per heavy atom. The molecule has 0 spiro atoms. The van der Waals surface area contributed by atoms with Crippen LogP contribution in [0.1, 0.15) is 20.7 Å². The van der Waals surface area contributed by atoms with E-state index in [9.17, 15) is 9.59 Å². The summed E-state index contributed by atoms with van der Waals surface area (Å²) in [5, 5.41) is 0.518. The molecule has 1 aromatic heterocycles. The molecule has 5 aromatic rings. The SMILES string of the molecule is COc1ccc(-c2nc3ccc(C(=O)OCC(=O)c4ccc(Cl)cc4)cc3nc2-c2ccc(OC)cc2)cc1. The molecule has 1 heterocycles. The first-order valence-electron chi connectivity index (χ1n) is 12.0. The molecule has 0 N–H and O–H groups in total. The van der Waals surface area contributed by atoms with E-state index in [1.165, 1.54) is 0 Å². The predicted molar refractivity (Wildman–Crippen MR) is 150 cm³/mol. The van der Waals surface area contributed by atoms with Crippen LogP contribution in [0.2, 0.25) is 5.02 Å². The summed E-state index contributed by atoms with van der Waals surface area (Å²) < 4.78 is 15.9. The summed E-state index contributed by atoms with van der Waals surface area (Å²) in [7, 11) is 3.22. The Balaban J connectivity index is 1.48. The van der Waals surface area contributed by atoms with Crippen LogP contribution in [0, 0.1) is 0 Å². The molecule has 5 rings (SSSR count). The number of esters is 1. The lowest BCUT2D eigenvalue weighted by atomic mass is 10.0. The van der Waals surface area contributed by atoms with E-state index >= 15 is 0 Å². The van der Waals surface area contributed by atoms with Crippen LogP contribution in [0.4, 0.5) is 0 Å². The minimum Gasteiger partial charge on any atom is -0.497 e. The molecule has 0 fully saturated rings. The number of benzene rings is 4. The fourth-order valence-corrected chi connectivity index (χ4v) is 4.14. The van der Waals surface area contributed by atoms with Crippen LogP contribution in [0.25, 0.3) is 33.5 Å². The van der Waals surface area contributed by atoms with Gasteiger partial charge in [-0.3, -0.25) is 4.79 Å². The number of methoxy groups -OCH3 is 2. The highest BCUT2D eigenvalue weighted by Gasteiger charge is 2.17. The van der Waals surface area contributed by atoms with Crippen molar-refractivity contribution in [2.24, 2.45) is 0 Å². The number of rotatable bonds is 8. The smallest absolute Gasteiger partial charge is 0.338 e. The lowest BCUT2D eigenvalue weighted by Crippen LogP contribution is -2.14. The normalized spacial score (nSPS) is 10.7. The third-order valence-corrected chi connectivity index (χ3v) is 6.38. The van der Waals surface area contributed by atoms with Gasteiger partial charge in [0, 0.05) is 21.7 Å². The van der Waals surface area contributed by atoms with Gasteiger partial charge in [-0.2, -0.15) is 0 Å². The van der Waals surface area contributed by atoms with Crippen molar-refractivity contribution in [1.29, 1.82) is 0 Å². The Labute approximate surface area is 230 Å². The van der Waals surface area contributed by atoms with Gasteiger partial charge in [0.1, 0.15) is 11.5 Å². The number of hydrogen-bond donors (Lipinski definition) is 0. The zero-order valence-corrected chi connectivity index (χ0v) is 21.9. The van der Waals surface area contributed by atoms with Crippen LogP contribution in [-0.4, -0.2) is 42.5 Å². The molecule has 0 radical (unpaired) electrons. The van der Waals surface area contributed by atoms with Crippen molar-refractivity contribution in [1.82, 2.24) is 9.97 Å². The van der Waals surface area contributed by atoms with Gasteiger partial charge < -0.3 is 14.2 Å². The van der Waals surface area contributed by atoms with Gasteiger partial charge in [0.15, 0.2) is 12.4 Å². The Hall–Kier alpha value is -4.75. The van der Waals surface area contributed by atoms with E-state index in [0.717, 1.165) is 22.6 Å². The average molecular weight is 539 g/mol. The van der Waals surface area contributed by atoms with Crippen LogP contribution in [0.3, 0.4) is 0 Å². The summed E-state index contributed by atoms with van der Waals surface area (Å²) in [6.07, 6.45) is 0. The van der Waals surface area contributed by atoms with Crippen molar-refractivity contribution in [2.45, 2.75) is 0 Å². The number of halogens is 1. The Bertz CT molecular complexity index is 1650. The van der Waals surface area contributed by atoms with Crippen molar-refractivity contribution >= 4 is 34.4 Å². The minimum absolute atomic E-state index is 0.263. The number of ether oxygens (including phenoxy) is 3. The first-order valence-corrected chi connectivity index (χ1v) is 12.4. The minimum atomic E-state index is -0.633. The van der Waals surface area contributed by atoms with E-state index in [1.54, 1.807) is 56.7 Å². The molecule has 4 aromatic carbocycles. The van der Waals surface area contributed by atoms with Crippen molar-refractivity contribution < 1.29 is 23.8 Å². The molecule has 0 amide bonds. The fourth-order valence-electron chi connectivity index (χ4n) is 4.02. The predicted octanol–water partition coefficient (Wildman–Crippen LogP) is 6.67. The zero-order valence-electron chi connectivity index (χ0n) is 21.2. The van der Waals surface area contributed by atoms with E-state index in [1.807, 2.05) is 48.5 Å². The van der Waals surface area contributed by atoms with Crippen LogP contribution in [0.5, 0.6) is 11.5 Å². The molecule has 194 valence electrons. The molecule has 0 saturated heterocycles. The highest BCUT2D eigenvalue weighted by Crippen LogP contribution is 2.33. The number of carbonyl (C=O) groups is 2. The Morgan fingerprint density at radius 3 is 1.72 bits per heavy atom. The third kappa shape index (κ3) is 5.73. The van der Waals surface area contributed by atoms with E-state index < -0.39 is 12.6 Å². The van der Waals surface area contributed by atoms with Crippen LogP contribution >= 0.6 is 11.6 Å². The van der Waals surface area contributed by atoms with Crippen molar-refractivity contribution in [2.75, 3.05) is 20.8 Å². The van der Waals surface area contributed by atoms with E-state index in [0.29, 0.717) is 33.0 Å². The number of hydrogen-bond acceptors (Lipinski definition) is 7. The lowest BCUT2D eigenvalue weighted by molar-refractivity contribution is 0.0475. The average Bonchev–Trinajstić information content (AvgIpc) is 2.99. The molecule has 0 atom stereocenters. The third-order valence-electron chi connectivity index (χ3n) is 6.13. The molecule has 39 heavy (non-hydrogen) atoms. The first-order chi connectivity index (χ1) is 18.9. The zero-order chi connectivity index (χ0) is 27.4. The van der Waals surface area contributed by atoms with E-state index in [-0.39, 0.29) is 11.3 Å². The van der Waals surface area contributed by atoms with Gasteiger partial charge in [0.2, 0.25) is 0 Å². The summed E-state index contributed by atoms with van der Waals surface area (Å²) >= 11 is 5.87. The summed E-state index contributed by atoms with van der Waals surface area (Å²) in [5.74, 6) is 0.491. The van der Waals surface area contributed by atoms with Gasteiger partial charge >= 0.3 is 5.97 Å². The van der Waals surface area contributed by atoms with Gasteiger partial charge in [-0.1, -0.05) is 11.6 Å². The van der Waals surface area contributed by atoms with Crippen LogP contribution < -0.4 is 9.47 Å². The molecule has 0 bridgehead atoms. The molecule has 0 aliphatic heterocycles. The molecular formula is C31H23ClN2O5. The first kappa shape index (κ1) is 25.9. The summed E-state index contributed by atoms with van der Waals surface area (Å²) in [6.45, 7) is -0.391. The second kappa shape index (κ2) is 11.3. The summed E-state index contributed by atoms with van der Waals surface area (Å²) in [5.41, 5.74) is 4.80. The Morgan fingerprint density at radius 2 is 1.18 bits per heavy atom. The number of fused-ring (bicyclic) bond motifs is 1. The molecule has 0 aliphatic carbocycles. The highest BCUT2D eigenvalue weighted by molar-refractivity contribution is 6.30. The van der Waals surface area contributed by atoms with Crippen LogP contribution in [0.15, 0.2) is 91.0 Å². The van der Waals surface area contributed by atoms with Gasteiger partial charge in [0.05, 0.1) is 42.2 Å². The number of Topliss-reactive ketones (excluding diaryl/α,β-unsaturated/α-hetero) is 1. The largest absolute Gasteiger partial charge is 0.497 e. The molecule has 0 aliphatic rings. The number of ketones is 1. The van der Waals surface area contributed by atoms with Crippen molar-refractivity contribution in [3.63, 3.8) is 0 Å². The highest BCUT2D eigenvalue weighted by atomic mass is 35.5. The Kier molecular flexibility index (Phi) is 7.52. The number of carbonyl (C=O) groups excluding carboxylic acids is 2. The molecule has 7 nitrogen and oxygen atoms in total. The van der Waals surface area contributed by atoms with Gasteiger partial charge in [-0.15, -0.1) is 0 Å². The second-order valence-corrected chi connectivity index (χ2v) is 9.02. The standard InChI is InChI=1S/C31H23ClN2O5/c1-37-24-12-5-20(6-13-24)29-30(21-7-14-25(38-2)15-8-21)34-27-17-22(9-16-26(27)33-29)31(36)39-18-28(35)19-3-10-23(32)11-4-19/h3-17H,18H2,1-2H3. The second-order valence-electron chi connectivity index (χ2n) is 8.59. The van der Waals surface area contributed by atoms with E-state index in [2.05, 4.69) is 0 Å². The fraction of sp³-hybridized carbons (Fsp3) is 0.0968. The van der Waals surface area contributed by atoms with E-state index in [4.69, 9.17) is 35.8 Å². The van der Waals surface area contributed by atoms with Crippen molar-refractivity contribution in [3.05, 3.63) is 107 Å². The summed E-state index contributed by atoms with van der Waals surface area (Å²) in [6, 6.07) is 26.4. The van der Waals surface area contributed by atoms with Gasteiger partial charge in [-0.05, 0) is 91.0 Å². The number of aromatic nitrogens is 2. The molecule has 0 unspecified atom stereocenters. The maximum Gasteiger partial charge on any atom is 0.338 e. The monoisotopic (exact) mass is 538 g/mol. The number of nitrogens with zero attached hydrogens (tertiary/aromatic N) is 2. The molecule has 8 heteroatoms. The quantitative estimate of drug-likeness (QED) is 0.161. The molecular weight excluding hydrogens is 516 g/mol. The lowest BCUT2D eigenvalue weighted by Gasteiger charge is -2.12. The molecule has 0 saturated carbocycles. The maximum absolute atomic E-state index is 12.8. The van der Waals surface area contributed by atoms with Gasteiger partial charge in [0.25, 0.3) is 0 Å². The van der Waals surface area contributed by atoms with Crippen LogP contribution in [-0.2, 0) is 4.74 Å². The van der Waals surface area contributed by atoms with Gasteiger partial charge in [-0.25, -0.2) is 14.8 Å². The maximum atomic E-state index is 12.8. The van der Waals surface area contributed by atoms with Crippen molar-refractivity contribution in [3.8, 4) is 34.0 Å².